The molecule has 0 spiro atoms. The lowest BCUT2D eigenvalue weighted by atomic mass is 10.1. The number of hydrogen-bond donors (Lipinski definition) is 3. The number of hydrogen-bond acceptors (Lipinski definition) is 5. The monoisotopic (exact) mass is 337 g/mol. The van der Waals surface area contributed by atoms with E-state index in [1.807, 2.05) is 25.1 Å². The highest BCUT2D eigenvalue weighted by molar-refractivity contribution is 5.99. The van der Waals surface area contributed by atoms with Crippen LogP contribution in [-0.2, 0) is 0 Å². The van der Waals surface area contributed by atoms with E-state index in [1.165, 1.54) is 16.8 Å². The van der Waals surface area contributed by atoms with Crippen molar-refractivity contribution >= 4 is 22.6 Å². The summed E-state index contributed by atoms with van der Waals surface area (Å²) in [5.41, 5.74) is 3.20. The largest absolute Gasteiger partial charge is 0.352 e. The fraction of sp³-hybridized carbons (Fsp3) is 0.188. The number of nitrogens with zero attached hydrogens (tertiary/aromatic N) is 4. The summed E-state index contributed by atoms with van der Waals surface area (Å²) in [6, 6.07) is 6.93. The zero-order valence-corrected chi connectivity index (χ0v) is 13.4. The van der Waals surface area contributed by atoms with Crippen molar-refractivity contribution in [3.05, 3.63) is 46.4 Å². The number of carbonyl (C=O) groups is 1. The van der Waals surface area contributed by atoms with Crippen LogP contribution < -0.4 is 10.9 Å². The molecule has 4 rings (SSSR count). The molecule has 0 radical (unpaired) electrons. The summed E-state index contributed by atoms with van der Waals surface area (Å²) in [5, 5.41) is 17.3. The van der Waals surface area contributed by atoms with E-state index < -0.39 is 0 Å². The molecule has 0 aliphatic carbocycles. The summed E-state index contributed by atoms with van der Waals surface area (Å²) in [5.74, 6) is -0.267. The summed E-state index contributed by atoms with van der Waals surface area (Å²) < 4.78 is 1.18. The molecule has 1 amide bonds. The standard InChI is InChI=1S/C16H15N7O2/c1-2-5-17-16(25)10-8-18-23-14(24)7-12(19-15(10)23)9-3-4-11-13(6-9)21-22-20-11/h3-4,6-8,19H,2,5H2,1H3,(H,17,25)(H,20,21,22). The first kappa shape index (κ1) is 15.1. The highest BCUT2D eigenvalue weighted by Gasteiger charge is 2.15. The third-order valence-corrected chi connectivity index (χ3v) is 3.92. The van der Waals surface area contributed by atoms with E-state index in [4.69, 9.17) is 0 Å². The Labute approximate surface area is 141 Å². The molecule has 0 unspecified atom stereocenters. The van der Waals surface area contributed by atoms with Crippen LogP contribution in [0, 0.1) is 0 Å². The predicted octanol–water partition coefficient (Wildman–Crippen LogP) is 1.10. The zero-order valence-electron chi connectivity index (χ0n) is 13.4. The molecule has 0 aliphatic rings. The lowest BCUT2D eigenvalue weighted by molar-refractivity contribution is 0.0955. The maximum Gasteiger partial charge on any atom is 0.274 e. The Morgan fingerprint density at radius 1 is 1.32 bits per heavy atom. The Morgan fingerprint density at radius 3 is 3.04 bits per heavy atom. The minimum atomic E-state index is -0.321. The van der Waals surface area contributed by atoms with Crippen molar-refractivity contribution in [2.24, 2.45) is 0 Å². The van der Waals surface area contributed by atoms with E-state index in [9.17, 15) is 9.59 Å². The predicted molar refractivity (Wildman–Crippen MR) is 91.3 cm³/mol. The molecule has 0 fully saturated rings. The van der Waals surface area contributed by atoms with Gasteiger partial charge in [0.1, 0.15) is 11.1 Å². The second kappa shape index (κ2) is 5.86. The fourth-order valence-electron chi connectivity index (χ4n) is 2.65. The number of carbonyl (C=O) groups excluding carboxylic acids is 1. The minimum absolute atomic E-state index is 0.267. The van der Waals surface area contributed by atoms with Crippen molar-refractivity contribution in [3.63, 3.8) is 0 Å². The first-order valence-electron chi connectivity index (χ1n) is 7.88. The lowest BCUT2D eigenvalue weighted by Gasteiger charge is -2.05. The molecule has 4 aromatic rings. The van der Waals surface area contributed by atoms with Crippen molar-refractivity contribution in [1.82, 2.24) is 35.3 Å². The number of aromatic amines is 2. The van der Waals surface area contributed by atoms with Crippen molar-refractivity contribution in [3.8, 4) is 11.3 Å². The van der Waals surface area contributed by atoms with Crippen LogP contribution in [0.3, 0.4) is 0 Å². The van der Waals surface area contributed by atoms with E-state index in [0.717, 1.165) is 17.5 Å². The van der Waals surface area contributed by atoms with Gasteiger partial charge in [-0.3, -0.25) is 14.7 Å². The molecule has 0 aliphatic heterocycles. The third kappa shape index (κ3) is 2.55. The van der Waals surface area contributed by atoms with Gasteiger partial charge in [-0.2, -0.15) is 9.61 Å². The van der Waals surface area contributed by atoms with E-state index in [0.29, 0.717) is 29.0 Å². The zero-order chi connectivity index (χ0) is 17.4. The SMILES string of the molecule is CCCNC(=O)c1cnn2c(=O)cc(-c3ccc4[nH]nnc4c3)[nH]c12. The van der Waals surface area contributed by atoms with Gasteiger partial charge in [0.25, 0.3) is 11.5 Å². The highest BCUT2D eigenvalue weighted by Crippen LogP contribution is 2.21. The number of fused-ring (bicyclic) bond motifs is 2. The third-order valence-electron chi connectivity index (χ3n) is 3.92. The smallest absolute Gasteiger partial charge is 0.274 e. The van der Waals surface area contributed by atoms with Gasteiger partial charge in [0.2, 0.25) is 0 Å². The molecular weight excluding hydrogens is 322 g/mol. The second-order valence-corrected chi connectivity index (χ2v) is 5.64. The molecule has 0 saturated heterocycles. The van der Waals surface area contributed by atoms with Crippen LogP contribution in [0.5, 0.6) is 0 Å². The molecule has 0 saturated carbocycles. The van der Waals surface area contributed by atoms with Gasteiger partial charge in [-0.25, -0.2) is 0 Å². The Hall–Kier alpha value is -3.49. The highest BCUT2D eigenvalue weighted by atomic mass is 16.2. The molecular formula is C16H15N7O2. The minimum Gasteiger partial charge on any atom is -0.352 e. The second-order valence-electron chi connectivity index (χ2n) is 5.64. The van der Waals surface area contributed by atoms with Crippen molar-refractivity contribution in [2.45, 2.75) is 13.3 Å². The Kier molecular flexibility index (Phi) is 3.53. The summed E-state index contributed by atoms with van der Waals surface area (Å²) in [7, 11) is 0. The van der Waals surface area contributed by atoms with Crippen molar-refractivity contribution in [2.75, 3.05) is 6.54 Å². The number of nitrogens with one attached hydrogen (secondary N) is 3. The lowest BCUT2D eigenvalue weighted by Crippen LogP contribution is -2.24. The number of amides is 1. The first-order chi connectivity index (χ1) is 12.2. The van der Waals surface area contributed by atoms with Gasteiger partial charge in [0.05, 0.1) is 17.4 Å². The van der Waals surface area contributed by atoms with Gasteiger partial charge < -0.3 is 10.3 Å². The maximum atomic E-state index is 12.4. The molecule has 3 N–H and O–H groups in total. The average molecular weight is 337 g/mol. The average Bonchev–Trinajstić information content (AvgIpc) is 3.25. The molecule has 3 heterocycles. The van der Waals surface area contributed by atoms with E-state index >= 15 is 0 Å². The van der Waals surface area contributed by atoms with E-state index in [1.54, 1.807) is 0 Å². The maximum absolute atomic E-state index is 12.4. The topological polar surface area (TPSA) is 121 Å². The number of benzene rings is 1. The van der Waals surface area contributed by atoms with E-state index in [2.05, 4.69) is 30.8 Å². The van der Waals surface area contributed by atoms with Gasteiger partial charge in [-0.1, -0.05) is 18.2 Å². The van der Waals surface area contributed by atoms with Crippen LogP contribution >= 0.6 is 0 Å². The Balaban J connectivity index is 1.84. The summed E-state index contributed by atoms with van der Waals surface area (Å²) in [6.45, 7) is 2.53. The number of H-pyrrole nitrogens is 2. The van der Waals surface area contributed by atoms with Gasteiger partial charge in [-0.05, 0) is 18.6 Å². The molecule has 9 heteroatoms. The summed E-state index contributed by atoms with van der Waals surface area (Å²) >= 11 is 0. The van der Waals surface area contributed by atoms with Gasteiger partial charge in [0.15, 0.2) is 5.65 Å². The van der Waals surface area contributed by atoms with Crippen LogP contribution in [0.2, 0.25) is 0 Å². The van der Waals surface area contributed by atoms with Gasteiger partial charge in [0, 0.05) is 18.2 Å². The van der Waals surface area contributed by atoms with Crippen LogP contribution in [-0.4, -0.2) is 42.5 Å². The van der Waals surface area contributed by atoms with Crippen LogP contribution in [0.4, 0.5) is 0 Å². The van der Waals surface area contributed by atoms with Crippen LogP contribution in [0.15, 0.2) is 35.3 Å². The molecule has 0 bridgehead atoms. The first-order valence-corrected chi connectivity index (χ1v) is 7.88. The summed E-state index contributed by atoms with van der Waals surface area (Å²) in [4.78, 5) is 27.7. The molecule has 1 aromatic carbocycles. The fourth-order valence-corrected chi connectivity index (χ4v) is 2.65. The van der Waals surface area contributed by atoms with Crippen molar-refractivity contribution in [1.29, 1.82) is 0 Å². The van der Waals surface area contributed by atoms with Crippen molar-refractivity contribution < 1.29 is 4.79 Å². The molecule has 126 valence electrons. The van der Waals surface area contributed by atoms with Gasteiger partial charge in [-0.15, -0.1) is 5.10 Å². The number of rotatable bonds is 4. The summed E-state index contributed by atoms with van der Waals surface area (Å²) in [6.07, 6.45) is 2.22. The Morgan fingerprint density at radius 2 is 2.20 bits per heavy atom. The molecule has 3 aromatic heterocycles. The van der Waals surface area contributed by atoms with Crippen LogP contribution in [0.1, 0.15) is 23.7 Å². The van der Waals surface area contributed by atoms with Crippen LogP contribution in [0.25, 0.3) is 27.9 Å². The molecule has 0 atom stereocenters. The quantitative estimate of drug-likeness (QED) is 0.515. The molecule has 9 nitrogen and oxygen atoms in total. The Bertz CT molecular complexity index is 1140. The molecule has 25 heavy (non-hydrogen) atoms. The number of aromatic nitrogens is 6. The van der Waals surface area contributed by atoms with E-state index in [-0.39, 0.29) is 11.5 Å². The normalized spacial score (nSPS) is 11.2. The van der Waals surface area contributed by atoms with Gasteiger partial charge >= 0.3 is 0 Å².